The normalized spacial score (nSPS) is 22.3. The van der Waals surface area contributed by atoms with Crippen molar-refractivity contribution >= 4 is 28.9 Å². The van der Waals surface area contributed by atoms with E-state index in [1.165, 1.54) is 18.2 Å². The van der Waals surface area contributed by atoms with Gasteiger partial charge in [0.15, 0.2) is 16.7 Å². The van der Waals surface area contributed by atoms with E-state index in [9.17, 15) is 4.79 Å². The molecule has 0 saturated carbocycles. The van der Waals surface area contributed by atoms with Gasteiger partial charge in [-0.15, -0.1) is 0 Å². The van der Waals surface area contributed by atoms with E-state index in [4.69, 9.17) is 9.47 Å². The second-order valence-electron chi connectivity index (χ2n) is 6.35. The molecule has 3 rings (SSSR count). The summed E-state index contributed by atoms with van der Waals surface area (Å²) in [5.41, 5.74) is 0.902. The molecule has 2 aliphatic heterocycles. The maximum absolute atomic E-state index is 12.3. The molecule has 2 aliphatic rings. The molecule has 0 radical (unpaired) electrons. The topological polar surface area (TPSA) is 51.1 Å². The van der Waals surface area contributed by atoms with Crippen molar-refractivity contribution in [2.45, 2.75) is 26.7 Å². The molecule has 134 valence electrons. The van der Waals surface area contributed by atoms with Crippen LogP contribution in [0, 0.1) is 5.92 Å². The van der Waals surface area contributed by atoms with E-state index >= 15 is 0 Å². The van der Waals surface area contributed by atoms with E-state index in [1.54, 1.807) is 7.11 Å². The Balaban J connectivity index is 1.75. The van der Waals surface area contributed by atoms with Gasteiger partial charge in [0.05, 0.1) is 18.6 Å². The highest BCUT2D eigenvalue weighted by atomic mass is 32.2. The second-order valence-corrected chi connectivity index (χ2v) is 7.36. The summed E-state index contributed by atoms with van der Waals surface area (Å²) in [4.78, 5) is 19.4. The molecule has 1 aromatic rings. The number of nitrogens with zero attached hydrogens (tertiary/aromatic N) is 2. The number of carbonyl (C=O) groups excluding carboxylic acids is 1. The van der Waals surface area contributed by atoms with Gasteiger partial charge in [-0.05, 0) is 61.2 Å². The standard InChI is InChI=1S/C19H24N2O3S/c1-4-24-15-8-7-14(10-16(15)23-3)11-17-18(22)20-19(25-17)21-9-5-6-13(2)12-21/h7-8,10-11,13H,4-6,9,12H2,1-3H3/b17-11-. The lowest BCUT2D eigenvalue weighted by molar-refractivity contribution is -0.113. The number of amides is 1. The predicted molar refractivity (Wildman–Crippen MR) is 102 cm³/mol. The van der Waals surface area contributed by atoms with Crippen molar-refractivity contribution in [1.29, 1.82) is 0 Å². The van der Waals surface area contributed by atoms with Crippen molar-refractivity contribution in [3.05, 3.63) is 28.7 Å². The van der Waals surface area contributed by atoms with Gasteiger partial charge in [-0.25, -0.2) is 0 Å². The molecular weight excluding hydrogens is 336 g/mol. The number of benzene rings is 1. The molecule has 0 N–H and O–H groups in total. The molecule has 0 aliphatic carbocycles. The van der Waals surface area contributed by atoms with Crippen molar-refractivity contribution < 1.29 is 14.3 Å². The lowest BCUT2D eigenvalue weighted by Gasteiger charge is -2.31. The first-order chi connectivity index (χ1) is 12.1. The van der Waals surface area contributed by atoms with Gasteiger partial charge in [0.25, 0.3) is 5.91 Å². The SMILES string of the molecule is CCOc1ccc(/C=C2\SC(N3CCCC(C)C3)=NC2=O)cc1OC. The van der Waals surface area contributed by atoms with Gasteiger partial charge in [0, 0.05) is 13.1 Å². The van der Waals surface area contributed by atoms with Crippen LogP contribution in [0.25, 0.3) is 6.08 Å². The Bertz CT molecular complexity index is 715. The number of ether oxygens (including phenoxy) is 2. The predicted octanol–water partition coefficient (Wildman–Crippen LogP) is 3.80. The third-order valence-corrected chi connectivity index (χ3v) is 5.37. The van der Waals surface area contributed by atoms with Crippen LogP contribution in [-0.4, -0.2) is 42.8 Å². The quantitative estimate of drug-likeness (QED) is 0.765. The first-order valence-electron chi connectivity index (χ1n) is 8.69. The van der Waals surface area contributed by atoms with Gasteiger partial charge in [0.2, 0.25) is 0 Å². The summed E-state index contributed by atoms with van der Waals surface area (Å²) in [7, 11) is 1.61. The van der Waals surface area contributed by atoms with Crippen molar-refractivity contribution in [3.63, 3.8) is 0 Å². The van der Waals surface area contributed by atoms with E-state index in [2.05, 4.69) is 16.8 Å². The molecule has 1 aromatic carbocycles. The lowest BCUT2D eigenvalue weighted by Crippen LogP contribution is -2.37. The Hall–Kier alpha value is -1.95. The Morgan fingerprint density at radius 2 is 2.24 bits per heavy atom. The number of likely N-dealkylation sites (tertiary alicyclic amines) is 1. The number of hydrogen-bond acceptors (Lipinski definition) is 5. The molecule has 0 spiro atoms. The number of carbonyl (C=O) groups is 1. The van der Waals surface area contributed by atoms with Crippen LogP contribution in [0.4, 0.5) is 0 Å². The molecule has 1 amide bonds. The maximum atomic E-state index is 12.3. The van der Waals surface area contributed by atoms with Crippen LogP contribution in [0.3, 0.4) is 0 Å². The smallest absolute Gasteiger partial charge is 0.286 e. The van der Waals surface area contributed by atoms with Gasteiger partial charge in [0.1, 0.15) is 0 Å². The first-order valence-corrected chi connectivity index (χ1v) is 9.50. The monoisotopic (exact) mass is 360 g/mol. The molecule has 5 nitrogen and oxygen atoms in total. The molecule has 1 unspecified atom stereocenters. The van der Waals surface area contributed by atoms with Gasteiger partial charge in [-0.2, -0.15) is 4.99 Å². The molecule has 1 atom stereocenters. The van der Waals surface area contributed by atoms with Gasteiger partial charge < -0.3 is 14.4 Å². The summed E-state index contributed by atoms with van der Waals surface area (Å²) in [6.45, 7) is 6.72. The van der Waals surface area contributed by atoms with Crippen molar-refractivity contribution in [1.82, 2.24) is 4.90 Å². The fraction of sp³-hybridized carbons (Fsp3) is 0.474. The fourth-order valence-corrected chi connectivity index (χ4v) is 4.04. The molecular formula is C19H24N2O3S. The maximum Gasteiger partial charge on any atom is 0.286 e. The molecule has 25 heavy (non-hydrogen) atoms. The number of rotatable bonds is 4. The van der Waals surface area contributed by atoms with E-state index in [0.717, 1.165) is 30.2 Å². The summed E-state index contributed by atoms with van der Waals surface area (Å²) < 4.78 is 10.9. The summed E-state index contributed by atoms with van der Waals surface area (Å²) in [6.07, 6.45) is 4.27. The molecule has 1 saturated heterocycles. The molecule has 6 heteroatoms. The Morgan fingerprint density at radius 1 is 1.40 bits per heavy atom. The van der Waals surface area contributed by atoms with Crippen LogP contribution in [0.5, 0.6) is 11.5 Å². The zero-order chi connectivity index (χ0) is 17.8. The molecule has 0 bridgehead atoms. The third kappa shape index (κ3) is 4.18. The highest BCUT2D eigenvalue weighted by Crippen LogP contribution is 2.34. The third-order valence-electron chi connectivity index (χ3n) is 4.32. The molecule has 2 heterocycles. The fourth-order valence-electron chi connectivity index (χ4n) is 3.10. The summed E-state index contributed by atoms with van der Waals surface area (Å²) in [6, 6.07) is 5.68. The van der Waals surface area contributed by atoms with Gasteiger partial charge >= 0.3 is 0 Å². The summed E-state index contributed by atoms with van der Waals surface area (Å²) in [5.74, 6) is 1.86. The minimum atomic E-state index is -0.161. The average Bonchev–Trinajstić information content (AvgIpc) is 2.97. The Labute approximate surface area is 153 Å². The number of hydrogen-bond donors (Lipinski definition) is 0. The van der Waals surface area contributed by atoms with Gasteiger partial charge in [-0.1, -0.05) is 13.0 Å². The van der Waals surface area contributed by atoms with E-state index in [0.29, 0.717) is 28.9 Å². The number of methoxy groups -OCH3 is 1. The van der Waals surface area contributed by atoms with Crippen LogP contribution in [-0.2, 0) is 4.79 Å². The zero-order valence-electron chi connectivity index (χ0n) is 14.9. The number of amidine groups is 1. The Kier molecular flexibility index (Phi) is 5.68. The van der Waals surface area contributed by atoms with E-state index in [1.807, 2.05) is 31.2 Å². The van der Waals surface area contributed by atoms with Crippen LogP contribution < -0.4 is 9.47 Å². The van der Waals surface area contributed by atoms with Crippen molar-refractivity contribution in [3.8, 4) is 11.5 Å². The minimum Gasteiger partial charge on any atom is -0.493 e. The van der Waals surface area contributed by atoms with Crippen LogP contribution in [0.1, 0.15) is 32.3 Å². The number of thioether (sulfide) groups is 1. The van der Waals surface area contributed by atoms with Crippen LogP contribution in [0.15, 0.2) is 28.1 Å². The Morgan fingerprint density at radius 3 is 2.96 bits per heavy atom. The van der Waals surface area contributed by atoms with Crippen molar-refractivity contribution in [2.75, 3.05) is 26.8 Å². The summed E-state index contributed by atoms with van der Waals surface area (Å²) in [5, 5.41) is 0.834. The average molecular weight is 360 g/mol. The minimum absolute atomic E-state index is 0.161. The number of piperidine rings is 1. The van der Waals surface area contributed by atoms with E-state index < -0.39 is 0 Å². The van der Waals surface area contributed by atoms with Gasteiger partial charge in [-0.3, -0.25) is 4.79 Å². The highest BCUT2D eigenvalue weighted by Gasteiger charge is 2.28. The lowest BCUT2D eigenvalue weighted by atomic mass is 10.0. The molecule has 1 fully saturated rings. The number of aliphatic imine (C=N–C) groups is 1. The summed E-state index contributed by atoms with van der Waals surface area (Å²) >= 11 is 1.47. The zero-order valence-corrected chi connectivity index (χ0v) is 15.8. The first kappa shape index (κ1) is 17.9. The highest BCUT2D eigenvalue weighted by molar-refractivity contribution is 8.18. The van der Waals surface area contributed by atoms with Crippen LogP contribution in [0.2, 0.25) is 0 Å². The van der Waals surface area contributed by atoms with E-state index in [-0.39, 0.29) is 5.91 Å². The second kappa shape index (κ2) is 7.95. The van der Waals surface area contributed by atoms with Crippen molar-refractivity contribution in [2.24, 2.45) is 10.9 Å². The van der Waals surface area contributed by atoms with Crippen LogP contribution >= 0.6 is 11.8 Å². The largest absolute Gasteiger partial charge is 0.493 e. The molecule has 0 aromatic heterocycles.